The van der Waals surface area contributed by atoms with Gasteiger partial charge in [0, 0.05) is 22.9 Å². The smallest absolute Gasteiger partial charge is 0.331 e. The van der Waals surface area contributed by atoms with Crippen molar-refractivity contribution in [3.8, 4) is 0 Å². The van der Waals surface area contributed by atoms with E-state index in [1.54, 1.807) is 11.0 Å². The molecule has 0 aliphatic heterocycles. The van der Waals surface area contributed by atoms with Crippen molar-refractivity contribution in [3.05, 3.63) is 70.9 Å². The lowest BCUT2D eigenvalue weighted by Gasteiger charge is -2.22. The summed E-state index contributed by atoms with van der Waals surface area (Å²) < 4.78 is 5.11. The van der Waals surface area contributed by atoms with Gasteiger partial charge >= 0.3 is 5.97 Å². The molecule has 0 saturated heterocycles. The second kappa shape index (κ2) is 8.45. The van der Waals surface area contributed by atoms with Crippen molar-refractivity contribution in [1.29, 1.82) is 0 Å². The van der Waals surface area contributed by atoms with Crippen molar-refractivity contribution in [1.82, 2.24) is 0 Å². The molecule has 0 spiro atoms. The monoisotopic (exact) mass is 365 g/mol. The average Bonchev–Trinajstić information content (AvgIpc) is 3.19. The van der Waals surface area contributed by atoms with Gasteiger partial charge in [-0.15, -0.1) is 11.3 Å². The molecule has 132 valence electrons. The molecular formula is C21H19NO3S. The van der Waals surface area contributed by atoms with Gasteiger partial charge in [0.25, 0.3) is 5.91 Å². The molecule has 1 amide bonds. The first-order chi connectivity index (χ1) is 12.7. The van der Waals surface area contributed by atoms with Crippen LogP contribution in [0, 0.1) is 0 Å². The largest absolute Gasteiger partial charge is 0.452 e. The van der Waals surface area contributed by atoms with Gasteiger partial charge in [-0.2, -0.15) is 0 Å². The van der Waals surface area contributed by atoms with Gasteiger partial charge in [0.15, 0.2) is 6.61 Å². The molecule has 3 rings (SSSR count). The van der Waals surface area contributed by atoms with E-state index in [4.69, 9.17) is 4.74 Å². The molecule has 0 atom stereocenters. The summed E-state index contributed by atoms with van der Waals surface area (Å²) in [5, 5.41) is 3.99. The lowest BCUT2D eigenvalue weighted by Crippen LogP contribution is -2.34. The summed E-state index contributed by atoms with van der Waals surface area (Å²) in [5.74, 6) is -0.776. The number of hydrogen-bond donors (Lipinski definition) is 0. The van der Waals surface area contributed by atoms with Gasteiger partial charge in [0.05, 0.1) is 5.69 Å². The van der Waals surface area contributed by atoms with E-state index in [1.807, 2.05) is 66.9 Å². The van der Waals surface area contributed by atoms with Crippen LogP contribution in [0.3, 0.4) is 0 Å². The van der Waals surface area contributed by atoms with Crippen molar-refractivity contribution in [2.45, 2.75) is 6.92 Å². The molecule has 1 heterocycles. The molecule has 2 aromatic carbocycles. The van der Waals surface area contributed by atoms with Gasteiger partial charge in [-0.3, -0.25) is 4.79 Å². The highest BCUT2D eigenvalue weighted by Gasteiger charge is 2.17. The Morgan fingerprint density at radius 1 is 1.08 bits per heavy atom. The summed E-state index contributed by atoms with van der Waals surface area (Å²) in [5.41, 5.74) is 0.820. The minimum Gasteiger partial charge on any atom is -0.452 e. The van der Waals surface area contributed by atoms with Crippen LogP contribution in [0.4, 0.5) is 5.69 Å². The molecule has 0 aliphatic carbocycles. The standard InChI is InChI=1S/C21H19NO3S/c1-2-22(19-11-5-8-16-7-3-4-10-18(16)19)20(23)15-25-21(24)13-12-17-9-6-14-26-17/h3-14H,2,15H2,1H3. The Balaban J connectivity index is 1.68. The van der Waals surface area contributed by atoms with Crippen LogP contribution < -0.4 is 4.90 Å². The molecular weight excluding hydrogens is 346 g/mol. The number of thiophene rings is 1. The molecule has 0 radical (unpaired) electrons. The maximum atomic E-state index is 12.6. The SMILES string of the molecule is CCN(C(=O)COC(=O)C=Cc1cccs1)c1cccc2ccccc12. The second-order valence-corrected chi connectivity index (χ2v) is 6.57. The number of likely N-dealkylation sites (N-methyl/N-ethyl adjacent to an activating group) is 1. The molecule has 3 aromatic rings. The van der Waals surface area contributed by atoms with E-state index in [-0.39, 0.29) is 12.5 Å². The van der Waals surface area contributed by atoms with Crippen LogP contribution in [0.25, 0.3) is 16.8 Å². The van der Waals surface area contributed by atoms with Gasteiger partial charge in [-0.05, 0) is 35.9 Å². The van der Waals surface area contributed by atoms with Gasteiger partial charge in [0.2, 0.25) is 0 Å². The normalized spacial score (nSPS) is 11.0. The topological polar surface area (TPSA) is 46.6 Å². The zero-order valence-corrected chi connectivity index (χ0v) is 15.2. The minimum absolute atomic E-state index is 0.248. The van der Waals surface area contributed by atoms with Crippen molar-refractivity contribution < 1.29 is 14.3 Å². The quantitative estimate of drug-likeness (QED) is 0.477. The summed E-state index contributed by atoms with van der Waals surface area (Å²) >= 11 is 1.53. The first kappa shape index (κ1) is 17.9. The number of esters is 1. The van der Waals surface area contributed by atoms with Gasteiger partial charge < -0.3 is 9.64 Å². The number of hydrogen-bond acceptors (Lipinski definition) is 4. The van der Waals surface area contributed by atoms with Crippen LogP contribution in [0.1, 0.15) is 11.8 Å². The maximum Gasteiger partial charge on any atom is 0.331 e. The lowest BCUT2D eigenvalue weighted by atomic mass is 10.1. The number of carbonyl (C=O) groups excluding carboxylic acids is 2. The Labute approximate surface area is 156 Å². The van der Waals surface area contributed by atoms with E-state index < -0.39 is 5.97 Å². The van der Waals surface area contributed by atoms with Gasteiger partial charge in [0.1, 0.15) is 0 Å². The third-order valence-electron chi connectivity index (χ3n) is 3.94. The van der Waals surface area contributed by atoms with E-state index in [1.165, 1.54) is 17.4 Å². The minimum atomic E-state index is -0.527. The molecule has 0 N–H and O–H groups in total. The summed E-state index contributed by atoms with van der Waals surface area (Å²) in [6.07, 6.45) is 3.02. The fourth-order valence-corrected chi connectivity index (χ4v) is 3.34. The van der Waals surface area contributed by atoms with E-state index in [0.717, 1.165) is 21.3 Å². The number of amides is 1. The van der Waals surface area contributed by atoms with E-state index in [2.05, 4.69) is 0 Å². The third-order valence-corrected chi connectivity index (χ3v) is 4.78. The Morgan fingerprint density at radius 3 is 2.65 bits per heavy atom. The van der Waals surface area contributed by atoms with E-state index >= 15 is 0 Å². The zero-order chi connectivity index (χ0) is 18.4. The average molecular weight is 365 g/mol. The lowest BCUT2D eigenvalue weighted by molar-refractivity contribution is -0.142. The number of rotatable bonds is 6. The van der Waals surface area contributed by atoms with Crippen LogP contribution in [-0.4, -0.2) is 25.0 Å². The maximum absolute atomic E-state index is 12.6. The van der Waals surface area contributed by atoms with Crippen LogP contribution >= 0.6 is 11.3 Å². The third kappa shape index (κ3) is 4.18. The van der Waals surface area contributed by atoms with Crippen LogP contribution in [0.2, 0.25) is 0 Å². The van der Waals surface area contributed by atoms with Crippen LogP contribution in [0.5, 0.6) is 0 Å². The van der Waals surface area contributed by atoms with E-state index in [9.17, 15) is 9.59 Å². The highest BCUT2D eigenvalue weighted by atomic mass is 32.1. The number of fused-ring (bicyclic) bond motifs is 1. The summed E-state index contributed by atoms with van der Waals surface area (Å²) in [6, 6.07) is 17.5. The summed E-state index contributed by atoms with van der Waals surface area (Å²) in [4.78, 5) is 27.0. The summed E-state index contributed by atoms with van der Waals surface area (Å²) in [7, 11) is 0. The Kier molecular flexibility index (Phi) is 5.81. The Morgan fingerprint density at radius 2 is 1.88 bits per heavy atom. The fourth-order valence-electron chi connectivity index (χ4n) is 2.72. The predicted octanol–water partition coefficient (Wildman–Crippen LogP) is 4.51. The Hall–Kier alpha value is -2.92. The Bertz CT molecular complexity index is 926. The fraction of sp³-hybridized carbons (Fsp3) is 0.143. The van der Waals surface area contributed by atoms with Crippen molar-refractivity contribution >= 4 is 45.7 Å². The first-order valence-corrected chi connectivity index (χ1v) is 9.23. The molecule has 0 bridgehead atoms. The van der Waals surface area contributed by atoms with Crippen molar-refractivity contribution in [2.24, 2.45) is 0 Å². The number of ether oxygens (including phenoxy) is 1. The first-order valence-electron chi connectivity index (χ1n) is 8.35. The van der Waals surface area contributed by atoms with Crippen LogP contribution in [0.15, 0.2) is 66.1 Å². The highest BCUT2D eigenvalue weighted by molar-refractivity contribution is 7.10. The second-order valence-electron chi connectivity index (χ2n) is 5.59. The molecule has 26 heavy (non-hydrogen) atoms. The molecule has 0 unspecified atom stereocenters. The number of benzene rings is 2. The van der Waals surface area contributed by atoms with Crippen LogP contribution in [-0.2, 0) is 14.3 Å². The van der Waals surface area contributed by atoms with E-state index in [0.29, 0.717) is 6.54 Å². The van der Waals surface area contributed by atoms with Gasteiger partial charge in [-0.1, -0.05) is 42.5 Å². The van der Waals surface area contributed by atoms with Crippen molar-refractivity contribution in [3.63, 3.8) is 0 Å². The predicted molar refractivity (Wildman–Crippen MR) is 106 cm³/mol. The molecule has 1 aromatic heterocycles. The highest BCUT2D eigenvalue weighted by Crippen LogP contribution is 2.26. The van der Waals surface area contributed by atoms with Crippen molar-refractivity contribution in [2.75, 3.05) is 18.1 Å². The zero-order valence-electron chi connectivity index (χ0n) is 14.4. The number of anilines is 1. The van der Waals surface area contributed by atoms with Gasteiger partial charge in [-0.25, -0.2) is 4.79 Å². The summed E-state index contributed by atoms with van der Waals surface area (Å²) in [6.45, 7) is 2.11. The molecule has 0 saturated carbocycles. The molecule has 5 heteroatoms. The molecule has 0 aliphatic rings. The number of nitrogens with zero attached hydrogens (tertiary/aromatic N) is 1. The molecule has 0 fully saturated rings. The number of carbonyl (C=O) groups is 2. The molecule has 4 nitrogen and oxygen atoms in total.